The Bertz CT molecular complexity index is 3160. The monoisotopic (exact) mass is 1260 g/mol. The molecular weight excluding hydrogens is 1170 g/mol. The van der Waals surface area contributed by atoms with E-state index in [-0.39, 0.29) is 40.4 Å². The topological polar surface area (TPSA) is 266 Å². The molecule has 0 spiro atoms. The first-order chi connectivity index (χ1) is 39.6. The number of likely N-dealkylation sites (tertiary alicyclic amines) is 4. The molecule has 4 fully saturated rings. The number of carboxylic acids is 1. The molecule has 4 aliphatic rings. The Morgan fingerprint density at radius 1 is 0.635 bits per heavy atom. The van der Waals surface area contributed by atoms with Crippen molar-refractivity contribution in [1.82, 2.24) is 43.5 Å². The van der Waals surface area contributed by atoms with E-state index < -0.39 is 54.8 Å². The molecule has 0 saturated carbocycles. The molecule has 85 heavy (non-hydrogen) atoms. The number of sulfonamides is 2. The number of hydrogen-bond acceptors (Lipinski definition) is 18. The van der Waals surface area contributed by atoms with Crippen molar-refractivity contribution in [3.05, 3.63) is 69.3 Å². The second-order valence-corrected chi connectivity index (χ2v) is 31.0. The van der Waals surface area contributed by atoms with E-state index in [2.05, 4.69) is 21.5 Å². The lowest BCUT2D eigenvalue weighted by Crippen LogP contribution is -2.37. The van der Waals surface area contributed by atoms with Gasteiger partial charge in [0.25, 0.3) is 0 Å². The van der Waals surface area contributed by atoms with Crippen LogP contribution in [0.15, 0.2) is 69.1 Å². The van der Waals surface area contributed by atoms with Crippen LogP contribution in [-0.4, -0.2) is 194 Å². The average molecular weight is 1260 g/mol. The number of aliphatic carboxylic acids is 1. The number of rotatable bonds is 13. The summed E-state index contributed by atoms with van der Waals surface area (Å²) < 4.78 is 70.7. The van der Waals surface area contributed by atoms with E-state index in [1.54, 1.807) is 97.3 Å². The van der Waals surface area contributed by atoms with Crippen LogP contribution >= 0.6 is 22.7 Å². The summed E-state index contributed by atoms with van der Waals surface area (Å²) in [6, 6.07) is 13.8. The van der Waals surface area contributed by atoms with Crippen molar-refractivity contribution in [2.24, 2.45) is 23.7 Å². The van der Waals surface area contributed by atoms with Crippen molar-refractivity contribution in [3.63, 3.8) is 0 Å². The van der Waals surface area contributed by atoms with Crippen LogP contribution in [0.5, 0.6) is 0 Å². The molecule has 4 unspecified atom stereocenters. The van der Waals surface area contributed by atoms with Crippen LogP contribution in [0.1, 0.15) is 98.0 Å². The lowest BCUT2D eigenvalue weighted by molar-refractivity contribution is -0.141. The van der Waals surface area contributed by atoms with Gasteiger partial charge in [0.1, 0.15) is 16.8 Å². The number of thiazole rings is 2. The number of ether oxygens (including phenoxy) is 3. The first kappa shape index (κ1) is 69.8. The summed E-state index contributed by atoms with van der Waals surface area (Å²) in [5.41, 5.74) is 1.69. The number of nitrogens with zero attached hydrogens (tertiary/aromatic N) is 9. The lowest BCUT2D eigenvalue weighted by atomic mass is 10.1. The molecular formula is C59H88N10O12S4. The van der Waals surface area contributed by atoms with Crippen molar-refractivity contribution < 1.29 is 55.3 Å². The quantitative estimate of drug-likeness (QED) is 0.0932. The third-order valence-electron chi connectivity index (χ3n) is 13.9. The van der Waals surface area contributed by atoms with Gasteiger partial charge >= 0.3 is 24.2 Å². The molecule has 0 aliphatic carbocycles. The molecule has 2 aromatic carbocycles. The van der Waals surface area contributed by atoms with Gasteiger partial charge in [0, 0.05) is 101 Å². The zero-order chi connectivity index (χ0) is 63.2. The fourth-order valence-electron chi connectivity index (χ4n) is 9.69. The van der Waals surface area contributed by atoms with E-state index in [9.17, 15) is 36.0 Å². The number of benzene rings is 2. The van der Waals surface area contributed by atoms with Gasteiger partial charge < -0.3 is 44.2 Å². The Morgan fingerprint density at radius 3 is 1.39 bits per heavy atom. The van der Waals surface area contributed by atoms with Gasteiger partial charge in [0.15, 0.2) is 6.19 Å². The van der Waals surface area contributed by atoms with Crippen LogP contribution in [0.4, 0.5) is 14.4 Å². The number of amides is 3. The second kappa shape index (κ2) is 30.1. The molecule has 2 N–H and O–H groups in total. The molecule has 4 aromatic rings. The van der Waals surface area contributed by atoms with Crippen LogP contribution in [-0.2, 0) is 39.1 Å². The predicted octanol–water partition coefficient (Wildman–Crippen LogP) is 9.33. The summed E-state index contributed by atoms with van der Waals surface area (Å²) in [7, 11) is -2.08. The maximum Gasteiger partial charge on any atom is 0.410 e. The largest absolute Gasteiger partial charge is 0.481 e. The van der Waals surface area contributed by atoms with Crippen molar-refractivity contribution in [3.8, 4) is 28.7 Å². The average Bonchev–Trinajstić information content (AvgIpc) is 4.29. The minimum absolute atomic E-state index is 0.0710. The SMILES string of the molecule is CC(C)(C)OC(=O)N1CCC(C(=O)O)C1.CNCC1CCN(C(=O)OC(C)(C)C)C1.Cc1nc(-c2cccc(S(=O)(=O)N(C)CC3CCN(C#N)C3)c2)cs1.Cc1nc(-c2cccc(S(=O)(=O)N(C)CC3CCN(C(=O)OC(C)(C)C)C3)c2)cs1. The molecule has 4 atom stereocenters. The molecule has 3 amide bonds. The highest BCUT2D eigenvalue weighted by Gasteiger charge is 2.36. The molecule has 4 aliphatic heterocycles. The summed E-state index contributed by atoms with van der Waals surface area (Å²) in [6.07, 6.45) is 4.34. The van der Waals surface area contributed by atoms with Crippen molar-refractivity contribution in [2.75, 3.05) is 93.1 Å². The third-order valence-corrected chi connectivity index (χ3v) is 19.1. The van der Waals surface area contributed by atoms with E-state index in [1.165, 1.54) is 24.8 Å². The molecule has 0 radical (unpaired) electrons. The molecule has 8 rings (SSSR count). The van der Waals surface area contributed by atoms with Crippen LogP contribution in [0.3, 0.4) is 0 Å². The highest BCUT2D eigenvalue weighted by Crippen LogP contribution is 2.30. The Morgan fingerprint density at radius 2 is 1.02 bits per heavy atom. The zero-order valence-corrected chi connectivity index (χ0v) is 55.1. The standard InChI is InChI=1S/C21H29N3O4S2.C17H20N4O2S2.C11H22N2O2.C10H17NO4/c1-15-22-19(14-29-15)17-7-6-8-18(11-17)30(26,27)23(5)12-16-9-10-24(13-16)20(25)28-21(2,3)4;1-13-19-17(11-24-13)15-4-3-5-16(8-15)25(22,23)20(2)9-14-6-7-21(10-14)12-18;1-11(2,3)15-10(14)13-6-5-9(8-13)7-12-4;1-10(2,3)15-9(14)11-5-4-7(6-11)8(12)13/h6-8,11,14,16H,9-10,12-13H2,1-5H3;3-5,8,11,14H,6-7,9-10H2,1-2H3;9,12H,5-8H2,1-4H3;7H,4-6H2,1-3H3,(H,12,13). The van der Waals surface area contributed by atoms with Crippen LogP contribution in [0.2, 0.25) is 0 Å². The first-order valence-corrected chi connectivity index (χ1v) is 33.1. The summed E-state index contributed by atoms with van der Waals surface area (Å²) in [6.45, 7) is 26.9. The number of carboxylic acid groups (broad SMARTS) is 1. The molecule has 470 valence electrons. The number of carbonyl (C=O) groups excluding carboxylic acids is 3. The number of aryl methyl sites for hydroxylation is 2. The van der Waals surface area contributed by atoms with Gasteiger partial charge in [-0.1, -0.05) is 24.3 Å². The van der Waals surface area contributed by atoms with Gasteiger partial charge in [-0.2, -0.15) is 5.26 Å². The highest BCUT2D eigenvalue weighted by atomic mass is 32.2. The van der Waals surface area contributed by atoms with Crippen molar-refractivity contribution in [1.29, 1.82) is 5.26 Å². The molecule has 6 heterocycles. The van der Waals surface area contributed by atoms with Crippen LogP contribution < -0.4 is 5.32 Å². The Balaban J connectivity index is 0.000000217. The third kappa shape index (κ3) is 21.8. The number of nitrogens with one attached hydrogen (secondary N) is 1. The fourth-order valence-corrected chi connectivity index (χ4v) is 13.5. The summed E-state index contributed by atoms with van der Waals surface area (Å²) in [5.74, 6) is -0.466. The highest BCUT2D eigenvalue weighted by molar-refractivity contribution is 7.89. The molecule has 0 bridgehead atoms. The first-order valence-electron chi connectivity index (χ1n) is 28.5. The summed E-state index contributed by atoms with van der Waals surface area (Å²) in [5, 5.41) is 26.6. The molecule has 22 nitrogen and oxygen atoms in total. The smallest absolute Gasteiger partial charge is 0.410 e. The Labute approximate surface area is 511 Å². The molecule has 4 saturated heterocycles. The van der Waals surface area contributed by atoms with Crippen molar-refractivity contribution >= 4 is 67.0 Å². The van der Waals surface area contributed by atoms with Gasteiger partial charge in [-0.25, -0.2) is 49.8 Å². The minimum Gasteiger partial charge on any atom is -0.481 e. The van der Waals surface area contributed by atoms with E-state index >= 15 is 0 Å². The lowest BCUT2D eigenvalue weighted by Gasteiger charge is -2.25. The zero-order valence-electron chi connectivity index (χ0n) is 51.8. The van der Waals surface area contributed by atoms with Crippen LogP contribution in [0, 0.1) is 49.0 Å². The fraction of sp³-hybridized carbons (Fsp3) is 0.610. The number of nitriles is 1. The van der Waals surface area contributed by atoms with Gasteiger partial charge in [-0.05, 0) is 157 Å². The maximum atomic E-state index is 13.1. The van der Waals surface area contributed by atoms with Crippen molar-refractivity contribution in [2.45, 2.75) is 128 Å². The predicted molar refractivity (Wildman–Crippen MR) is 329 cm³/mol. The van der Waals surface area contributed by atoms with Gasteiger partial charge in [0.05, 0.1) is 37.1 Å². The number of carbonyl (C=O) groups is 4. The molecule has 2 aromatic heterocycles. The number of hydrogen-bond donors (Lipinski definition) is 2. The van der Waals surface area contributed by atoms with Gasteiger partial charge in [0.2, 0.25) is 20.0 Å². The van der Waals surface area contributed by atoms with Gasteiger partial charge in [-0.15, -0.1) is 22.7 Å². The van der Waals surface area contributed by atoms with E-state index in [0.717, 1.165) is 71.4 Å². The number of aromatic nitrogens is 2. The maximum absolute atomic E-state index is 13.1. The van der Waals surface area contributed by atoms with Gasteiger partial charge in [-0.3, -0.25) is 4.79 Å². The normalized spacial score (nSPS) is 19.1. The van der Waals surface area contributed by atoms with E-state index in [1.807, 2.05) is 85.3 Å². The minimum atomic E-state index is -3.64. The summed E-state index contributed by atoms with van der Waals surface area (Å²) in [4.78, 5) is 62.1. The van der Waals surface area contributed by atoms with E-state index in [0.29, 0.717) is 58.2 Å². The van der Waals surface area contributed by atoms with Crippen LogP contribution in [0.25, 0.3) is 22.5 Å². The summed E-state index contributed by atoms with van der Waals surface area (Å²) >= 11 is 3.07. The van der Waals surface area contributed by atoms with E-state index in [4.69, 9.17) is 24.6 Å². The Hall–Kier alpha value is -5.95. The second-order valence-electron chi connectivity index (χ2n) is 24.8. The Kier molecular flexibility index (Phi) is 24.7. The molecule has 26 heteroatoms.